The van der Waals surface area contributed by atoms with Crippen molar-refractivity contribution in [2.24, 2.45) is 0 Å². The van der Waals surface area contributed by atoms with Crippen LogP contribution in [0.5, 0.6) is 0 Å². The molecule has 0 spiro atoms. The van der Waals surface area contributed by atoms with Crippen LogP contribution in [0.1, 0.15) is 6.42 Å². The molecule has 0 saturated heterocycles. The van der Waals surface area contributed by atoms with Crippen LogP contribution in [-0.4, -0.2) is 30.9 Å². The SMILES string of the molecule is C=CC(CCCl)N(C)C.Cl. The Labute approximate surface area is 74.5 Å². The quantitative estimate of drug-likeness (QED) is 0.478. The van der Waals surface area contributed by atoms with Crippen LogP contribution in [0.4, 0.5) is 0 Å². The first-order valence-corrected chi connectivity index (χ1v) is 3.60. The fraction of sp³-hybridized carbons (Fsp3) is 0.714. The second-order valence-corrected chi connectivity index (χ2v) is 2.62. The summed E-state index contributed by atoms with van der Waals surface area (Å²) in [6, 6.07) is 0.433. The summed E-state index contributed by atoms with van der Waals surface area (Å²) >= 11 is 5.54. The highest BCUT2D eigenvalue weighted by Gasteiger charge is 2.03. The normalized spacial score (nSPS) is 12.4. The average molecular weight is 184 g/mol. The summed E-state index contributed by atoms with van der Waals surface area (Å²) in [6.45, 7) is 3.70. The highest BCUT2D eigenvalue weighted by molar-refractivity contribution is 6.17. The Morgan fingerprint density at radius 2 is 2.10 bits per heavy atom. The van der Waals surface area contributed by atoms with E-state index in [0.29, 0.717) is 11.9 Å². The predicted molar refractivity (Wildman–Crippen MR) is 50.3 cm³/mol. The van der Waals surface area contributed by atoms with E-state index >= 15 is 0 Å². The van der Waals surface area contributed by atoms with Crippen molar-refractivity contribution in [1.82, 2.24) is 4.90 Å². The van der Waals surface area contributed by atoms with Crippen molar-refractivity contribution < 1.29 is 0 Å². The van der Waals surface area contributed by atoms with Gasteiger partial charge in [-0.15, -0.1) is 30.6 Å². The highest BCUT2D eigenvalue weighted by Crippen LogP contribution is 2.00. The molecule has 0 saturated carbocycles. The van der Waals surface area contributed by atoms with Crippen LogP contribution in [0, 0.1) is 0 Å². The van der Waals surface area contributed by atoms with Gasteiger partial charge >= 0.3 is 0 Å². The lowest BCUT2D eigenvalue weighted by atomic mass is 10.2. The van der Waals surface area contributed by atoms with Gasteiger partial charge in [-0.05, 0) is 20.5 Å². The summed E-state index contributed by atoms with van der Waals surface area (Å²) in [7, 11) is 4.05. The van der Waals surface area contributed by atoms with Gasteiger partial charge in [0.25, 0.3) is 0 Å². The lowest BCUT2D eigenvalue weighted by Gasteiger charge is -2.18. The first-order chi connectivity index (χ1) is 4.22. The first kappa shape index (κ1) is 12.9. The van der Waals surface area contributed by atoms with Gasteiger partial charge in [-0.3, -0.25) is 0 Å². The fourth-order valence-corrected chi connectivity index (χ4v) is 0.922. The minimum absolute atomic E-state index is 0. The smallest absolute Gasteiger partial charge is 0.0280 e. The van der Waals surface area contributed by atoms with Crippen molar-refractivity contribution in [2.45, 2.75) is 12.5 Å². The zero-order valence-electron chi connectivity index (χ0n) is 6.51. The van der Waals surface area contributed by atoms with E-state index < -0.39 is 0 Å². The van der Waals surface area contributed by atoms with E-state index in [9.17, 15) is 0 Å². The zero-order chi connectivity index (χ0) is 7.28. The molecule has 0 aliphatic heterocycles. The third kappa shape index (κ3) is 5.10. The third-order valence-electron chi connectivity index (χ3n) is 1.34. The summed E-state index contributed by atoms with van der Waals surface area (Å²) in [4.78, 5) is 2.11. The van der Waals surface area contributed by atoms with Crippen molar-refractivity contribution in [2.75, 3.05) is 20.0 Å². The van der Waals surface area contributed by atoms with Gasteiger partial charge in [0.2, 0.25) is 0 Å². The average Bonchev–Trinajstić information content (AvgIpc) is 1.82. The second-order valence-electron chi connectivity index (χ2n) is 2.24. The van der Waals surface area contributed by atoms with Gasteiger partial charge in [-0.1, -0.05) is 6.08 Å². The Morgan fingerprint density at radius 3 is 2.20 bits per heavy atom. The maximum atomic E-state index is 5.54. The van der Waals surface area contributed by atoms with E-state index in [1.807, 2.05) is 20.2 Å². The van der Waals surface area contributed by atoms with Gasteiger partial charge in [-0.2, -0.15) is 0 Å². The molecule has 1 nitrogen and oxygen atoms in total. The van der Waals surface area contributed by atoms with Crippen LogP contribution in [-0.2, 0) is 0 Å². The molecule has 0 rings (SSSR count). The number of rotatable bonds is 4. The molecule has 0 radical (unpaired) electrons. The van der Waals surface area contributed by atoms with E-state index in [-0.39, 0.29) is 12.4 Å². The fourth-order valence-electron chi connectivity index (χ4n) is 0.699. The summed E-state index contributed by atoms with van der Waals surface area (Å²) in [5, 5.41) is 0. The van der Waals surface area contributed by atoms with Gasteiger partial charge in [0, 0.05) is 11.9 Å². The topological polar surface area (TPSA) is 3.24 Å². The maximum absolute atomic E-state index is 5.54. The molecule has 3 heteroatoms. The number of alkyl halides is 1. The minimum Gasteiger partial charge on any atom is -0.303 e. The second kappa shape index (κ2) is 7.39. The van der Waals surface area contributed by atoms with Gasteiger partial charge < -0.3 is 4.90 Å². The molecule has 0 heterocycles. The van der Waals surface area contributed by atoms with Gasteiger partial charge in [0.1, 0.15) is 0 Å². The third-order valence-corrected chi connectivity index (χ3v) is 1.56. The van der Waals surface area contributed by atoms with Gasteiger partial charge in [0.15, 0.2) is 0 Å². The molecule has 0 bridgehead atoms. The van der Waals surface area contributed by atoms with Crippen molar-refractivity contribution in [3.63, 3.8) is 0 Å². The largest absolute Gasteiger partial charge is 0.303 e. The van der Waals surface area contributed by atoms with Crippen LogP contribution in [0.3, 0.4) is 0 Å². The van der Waals surface area contributed by atoms with Crippen LogP contribution in [0.25, 0.3) is 0 Å². The molecule has 1 atom stereocenters. The summed E-state index contributed by atoms with van der Waals surface area (Å²) in [5.74, 6) is 0.703. The van der Waals surface area contributed by atoms with Gasteiger partial charge in [-0.25, -0.2) is 0 Å². The van der Waals surface area contributed by atoms with Crippen molar-refractivity contribution in [1.29, 1.82) is 0 Å². The molecule has 0 aromatic rings. The Kier molecular flexibility index (Phi) is 9.54. The maximum Gasteiger partial charge on any atom is 0.0280 e. The molecule has 0 aliphatic carbocycles. The number of halogens is 2. The van der Waals surface area contributed by atoms with Crippen LogP contribution in [0.2, 0.25) is 0 Å². The molecule has 0 aliphatic rings. The predicted octanol–water partition coefficient (Wildman–Crippen LogP) is 2.15. The Hall–Kier alpha value is 0.280. The molecule has 1 unspecified atom stereocenters. The number of likely N-dealkylation sites (N-methyl/N-ethyl adjacent to an activating group) is 1. The van der Waals surface area contributed by atoms with Crippen molar-refractivity contribution in [3.8, 4) is 0 Å². The minimum atomic E-state index is 0. The molecular weight excluding hydrogens is 169 g/mol. The molecule has 10 heavy (non-hydrogen) atoms. The Balaban J connectivity index is 0. The van der Waals surface area contributed by atoms with Crippen LogP contribution >= 0.6 is 24.0 Å². The highest BCUT2D eigenvalue weighted by atomic mass is 35.5. The lowest BCUT2D eigenvalue weighted by molar-refractivity contribution is 0.337. The molecule has 0 N–H and O–H groups in total. The Bertz CT molecular complexity index is 83.7. The summed E-state index contributed by atoms with van der Waals surface area (Å²) in [5.41, 5.74) is 0. The molecule has 0 aromatic heterocycles. The number of nitrogens with zero attached hydrogens (tertiary/aromatic N) is 1. The Morgan fingerprint density at radius 1 is 1.60 bits per heavy atom. The number of hydrogen-bond donors (Lipinski definition) is 0. The standard InChI is InChI=1S/C7H14ClN.ClH/c1-4-7(5-6-8)9(2)3;/h4,7H,1,5-6H2,2-3H3;1H. The number of hydrogen-bond acceptors (Lipinski definition) is 1. The van der Waals surface area contributed by atoms with Crippen molar-refractivity contribution >= 4 is 24.0 Å². The molecular formula is C7H15Cl2N. The van der Waals surface area contributed by atoms with E-state index in [1.165, 1.54) is 0 Å². The zero-order valence-corrected chi connectivity index (χ0v) is 8.08. The van der Waals surface area contributed by atoms with E-state index in [4.69, 9.17) is 11.6 Å². The monoisotopic (exact) mass is 183 g/mol. The van der Waals surface area contributed by atoms with Crippen molar-refractivity contribution in [3.05, 3.63) is 12.7 Å². The van der Waals surface area contributed by atoms with E-state index in [0.717, 1.165) is 6.42 Å². The molecule has 0 fully saturated rings. The van der Waals surface area contributed by atoms with Crippen LogP contribution < -0.4 is 0 Å². The van der Waals surface area contributed by atoms with Gasteiger partial charge in [0.05, 0.1) is 0 Å². The molecule has 0 aromatic carbocycles. The first-order valence-electron chi connectivity index (χ1n) is 3.07. The summed E-state index contributed by atoms with van der Waals surface area (Å²) in [6.07, 6.45) is 2.90. The van der Waals surface area contributed by atoms with E-state index in [1.54, 1.807) is 0 Å². The molecule has 0 amide bonds. The lowest BCUT2D eigenvalue weighted by Crippen LogP contribution is -2.25. The van der Waals surface area contributed by atoms with E-state index in [2.05, 4.69) is 11.5 Å². The molecule has 62 valence electrons. The van der Waals surface area contributed by atoms with Crippen LogP contribution in [0.15, 0.2) is 12.7 Å². The summed E-state index contributed by atoms with van der Waals surface area (Å²) < 4.78 is 0.